The van der Waals surface area contributed by atoms with Crippen molar-refractivity contribution in [1.82, 2.24) is 9.47 Å². The van der Waals surface area contributed by atoms with Crippen molar-refractivity contribution in [1.29, 1.82) is 0 Å². The lowest BCUT2D eigenvalue weighted by Crippen LogP contribution is -2.34. The molecule has 176 valence electrons. The number of nitrogens with zero attached hydrogens (tertiary/aromatic N) is 2. The molecule has 0 saturated carbocycles. The first-order chi connectivity index (χ1) is 16.4. The Morgan fingerprint density at radius 1 is 1.12 bits per heavy atom. The van der Waals surface area contributed by atoms with E-state index in [1.807, 2.05) is 62.4 Å². The number of ether oxygens (including phenoxy) is 1. The number of halogens is 1. The molecule has 1 aromatic heterocycles. The number of fused-ring (bicyclic) bond motifs is 1. The molecule has 4 rings (SSSR count). The monoisotopic (exact) mass is 496 g/mol. The average molecular weight is 497 g/mol. The number of aromatic nitrogens is 1. The third-order valence-electron chi connectivity index (χ3n) is 5.76. The van der Waals surface area contributed by atoms with Crippen molar-refractivity contribution in [2.24, 2.45) is 0 Å². The maximum absolute atomic E-state index is 13.0. The van der Waals surface area contributed by atoms with E-state index in [0.717, 1.165) is 57.2 Å². The second-order valence-corrected chi connectivity index (χ2v) is 9.44. The molecule has 6 nitrogen and oxygen atoms in total. The lowest BCUT2D eigenvalue weighted by Gasteiger charge is -2.11. The molecule has 0 radical (unpaired) electrons. The van der Waals surface area contributed by atoms with Crippen LogP contribution in [0.3, 0.4) is 0 Å². The van der Waals surface area contributed by atoms with Gasteiger partial charge in [0.2, 0.25) is 0 Å². The van der Waals surface area contributed by atoms with Gasteiger partial charge in [0.25, 0.3) is 11.1 Å². The summed E-state index contributed by atoms with van der Waals surface area (Å²) < 4.78 is 7.26. The van der Waals surface area contributed by atoms with Crippen LogP contribution in [-0.2, 0) is 20.9 Å². The molecule has 0 unspecified atom stereocenters. The molecule has 0 spiro atoms. The van der Waals surface area contributed by atoms with Gasteiger partial charge in [-0.1, -0.05) is 61.3 Å². The molecule has 0 bridgehead atoms. The van der Waals surface area contributed by atoms with Gasteiger partial charge in [-0.25, -0.2) is 0 Å². The lowest BCUT2D eigenvalue weighted by atomic mass is 10.1. The minimum atomic E-state index is -0.579. The number of rotatable bonds is 8. The number of carbonyl (C=O) groups excluding carboxylic acids is 3. The summed E-state index contributed by atoms with van der Waals surface area (Å²) in [5.41, 5.74) is 3.80. The predicted octanol–water partition coefficient (Wildman–Crippen LogP) is 6.03. The highest BCUT2D eigenvalue weighted by molar-refractivity contribution is 8.18. The molecule has 2 aromatic carbocycles. The SMILES string of the molecule is CCCCOC(=O)CN1C(=O)S/C(=C\c2c(C)n(Cc3ccccc3Cl)c3ccccc23)C1=O. The van der Waals surface area contributed by atoms with E-state index >= 15 is 0 Å². The third kappa shape index (κ3) is 4.91. The van der Waals surface area contributed by atoms with Crippen LogP contribution in [0.5, 0.6) is 0 Å². The third-order valence-corrected chi connectivity index (χ3v) is 7.04. The summed E-state index contributed by atoms with van der Waals surface area (Å²) in [5, 5.41) is 1.19. The van der Waals surface area contributed by atoms with Gasteiger partial charge in [0.15, 0.2) is 0 Å². The van der Waals surface area contributed by atoms with Crippen LogP contribution in [0.2, 0.25) is 5.02 Å². The van der Waals surface area contributed by atoms with Gasteiger partial charge in [-0.05, 0) is 48.9 Å². The summed E-state index contributed by atoms with van der Waals surface area (Å²) in [7, 11) is 0. The average Bonchev–Trinajstić information content (AvgIpc) is 3.24. The Labute approximate surface area is 207 Å². The number of benzene rings is 2. The van der Waals surface area contributed by atoms with Gasteiger partial charge in [0.1, 0.15) is 6.54 Å². The first-order valence-corrected chi connectivity index (χ1v) is 12.3. The van der Waals surface area contributed by atoms with Crippen LogP contribution in [0.25, 0.3) is 17.0 Å². The highest BCUT2D eigenvalue weighted by Gasteiger charge is 2.37. The molecule has 2 heterocycles. The largest absolute Gasteiger partial charge is 0.464 e. The van der Waals surface area contributed by atoms with E-state index in [0.29, 0.717) is 11.6 Å². The summed E-state index contributed by atoms with van der Waals surface area (Å²) in [5.74, 6) is -1.06. The van der Waals surface area contributed by atoms with E-state index in [1.54, 1.807) is 6.08 Å². The van der Waals surface area contributed by atoms with E-state index in [4.69, 9.17) is 16.3 Å². The van der Waals surface area contributed by atoms with Gasteiger partial charge in [-0.3, -0.25) is 19.3 Å². The summed E-state index contributed by atoms with van der Waals surface area (Å²) >= 11 is 7.24. The van der Waals surface area contributed by atoms with Crippen LogP contribution in [0.1, 0.15) is 36.6 Å². The van der Waals surface area contributed by atoms with E-state index in [2.05, 4.69) is 4.57 Å². The molecule has 1 aliphatic rings. The number of hydrogen-bond acceptors (Lipinski definition) is 5. The Kier molecular flexibility index (Phi) is 7.44. The second-order valence-electron chi connectivity index (χ2n) is 8.04. The number of esters is 1. The zero-order valence-corrected chi connectivity index (χ0v) is 20.6. The van der Waals surface area contributed by atoms with Crippen molar-refractivity contribution >= 4 is 57.5 Å². The zero-order valence-electron chi connectivity index (χ0n) is 19.0. The van der Waals surface area contributed by atoms with Gasteiger partial charge in [-0.15, -0.1) is 0 Å². The number of unbranched alkanes of at least 4 members (excludes halogenated alkanes) is 1. The van der Waals surface area contributed by atoms with Crippen molar-refractivity contribution in [3.05, 3.63) is 75.3 Å². The normalized spacial score (nSPS) is 15.0. The van der Waals surface area contributed by atoms with Crippen molar-refractivity contribution in [3.63, 3.8) is 0 Å². The number of hydrogen-bond donors (Lipinski definition) is 0. The highest BCUT2D eigenvalue weighted by Crippen LogP contribution is 2.36. The first kappa shape index (κ1) is 24.1. The van der Waals surface area contributed by atoms with Crippen LogP contribution in [0.4, 0.5) is 4.79 Å². The molecule has 2 amide bonds. The molecule has 8 heteroatoms. The Balaban J connectivity index is 1.64. The van der Waals surface area contributed by atoms with E-state index < -0.39 is 17.1 Å². The number of carbonyl (C=O) groups is 3. The Morgan fingerprint density at radius 2 is 1.85 bits per heavy atom. The molecule has 0 N–H and O–H groups in total. The molecule has 0 atom stereocenters. The summed E-state index contributed by atoms with van der Waals surface area (Å²) in [6.45, 7) is 4.45. The quantitative estimate of drug-likeness (QED) is 0.216. The predicted molar refractivity (Wildman–Crippen MR) is 136 cm³/mol. The standard InChI is InChI=1S/C26H25ClN2O4S/c1-3-4-13-33-24(30)16-29-25(31)23(34-26(29)32)14-20-17(2)28(22-12-8-6-10-19(20)22)15-18-9-5-7-11-21(18)27/h5-12,14H,3-4,13,15-16H2,1-2H3/b23-14-. The molecule has 34 heavy (non-hydrogen) atoms. The zero-order chi connectivity index (χ0) is 24.2. The fourth-order valence-corrected chi connectivity index (χ4v) is 4.93. The fraction of sp³-hybridized carbons (Fsp3) is 0.269. The minimum Gasteiger partial charge on any atom is -0.464 e. The van der Waals surface area contributed by atoms with E-state index in [1.165, 1.54) is 0 Å². The van der Waals surface area contributed by atoms with Crippen molar-refractivity contribution in [3.8, 4) is 0 Å². The van der Waals surface area contributed by atoms with Gasteiger partial charge >= 0.3 is 5.97 Å². The Hall–Kier alpha value is -3.03. The summed E-state index contributed by atoms with van der Waals surface area (Å²) in [6.07, 6.45) is 3.38. The molecule has 1 fully saturated rings. The van der Waals surface area contributed by atoms with E-state index in [9.17, 15) is 14.4 Å². The molecule has 3 aromatic rings. The smallest absolute Gasteiger partial charge is 0.326 e. The topological polar surface area (TPSA) is 68.6 Å². The molecule has 1 saturated heterocycles. The highest BCUT2D eigenvalue weighted by atomic mass is 35.5. The first-order valence-electron chi connectivity index (χ1n) is 11.1. The minimum absolute atomic E-state index is 0.283. The lowest BCUT2D eigenvalue weighted by molar-refractivity contribution is -0.146. The summed E-state index contributed by atoms with van der Waals surface area (Å²) in [6, 6.07) is 15.6. The number of thioether (sulfide) groups is 1. The summed E-state index contributed by atoms with van der Waals surface area (Å²) in [4.78, 5) is 38.7. The molecular weight excluding hydrogens is 472 g/mol. The fourth-order valence-electron chi connectivity index (χ4n) is 3.91. The maximum atomic E-state index is 13.0. The van der Waals surface area contributed by atoms with Gasteiger partial charge < -0.3 is 9.30 Å². The second kappa shape index (κ2) is 10.5. The molecular formula is C26H25ClN2O4S. The van der Waals surface area contributed by atoms with Gasteiger partial charge in [0, 0.05) is 33.7 Å². The van der Waals surface area contributed by atoms with Crippen molar-refractivity contribution in [2.45, 2.75) is 33.2 Å². The van der Waals surface area contributed by atoms with Crippen LogP contribution in [0, 0.1) is 6.92 Å². The van der Waals surface area contributed by atoms with Crippen LogP contribution in [0.15, 0.2) is 53.4 Å². The van der Waals surface area contributed by atoms with Gasteiger partial charge in [0.05, 0.1) is 11.5 Å². The van der Waals surface area contributed by atoms with Crippen molar-refractivity contribution in [2.75, 3.05) is 13.2 Å². The maximum Gasteiger partial charge on any atom is 0.326 e. The molecule has 0 aliphatic carbocycles. The number of imide groups is 1. The number of amides is 2. The van der Waals surface area contributed by atoms with E-state index in [-0.39, 0.29) is 18.1 Å². The van der Waals surface area contributed by atoms with Crippen LogP contribution < -0.4 is 0 Å². The number of para-hydroxylation sites is 1. The van der Waals surface area contributed by atoms with Crippen LogP contribution >= 0.6 is 23.4 Å². The Bertz CT molecular complexity index is 1300. The van der Waals surface area contributed by atoms with Gasteiger partial charge in [-0.2, -0.15) is 0 Å². The molecule has 1 aliphatic heterocycles. The van der Waals surface area contributed by atoms with Crippen molar-refractivity contribution < 1.29 is 19.1 Å². The van der Waals surface area contributed by atoms with Crippen LogP contribution in [-0.4, -0.2) is 39.7 Å². The Morgan fingerprint density at radius 3 is 2.62 bits per heavy atom.